The highest BCUT2D eigenvalue weighted by Crippen LogP contribution is 2.41. The van der Waals surface area contributed by atoms with Crippen LogP contribution in [0.15, 0.2) is 71.9 Å². The summed E-state index contributed by atoms with van der Waals surface area (Å²) in [5.74, 6) is -10.1. The first kappa shape index (κ1) is 40.9. The number of ether oxygens (including phenoxy) is 8. The molecule has 51 heavy (non-hydrogen) atoms. The summed E-state index contributed by atoms with van der Waals surface area (Å²) >= 11 is 0. The molecule has 0 aromatic rings. The number of ketones is 2. The van der Waals surface area contributed by atoms with Crippen molar-refractivity contribution in [3.05, 3.63) is 71.9 Å². The van der Waals surface area contributed by atoms with Gasteiger partial charge < -0.3 is 78.7 Å². The second-order valence-electron chi connectivity index (χ2n) is 11.9. The first-order chi connectivity index (χ1) is 24.1. The topological polar surface area (TPSA) is 270 Å². The molecular formula is C33H44O18. The van der Waals surface area contributed by atoms with Crippen LogP contribution in [0.1, 0.15) is 6.42 Å². The number of hydrogen-bond acceptors (Lipinski definition) is 18. The normalized spacial score (nSPS) is 37.3. The Balaban J connectivity index is 1.40. The molecule has 0 radical (unpaired) electrons. The van der Waals surface area contributed by atoms with Crippen LogP contribution in [-0.2, 0) is 47.5 Å². The predicted octanol–water partition coefficient (Wildman–Crippen LogP) is -3.11. The number of aliphatic hydroxyl groups excluding tert-OH is 6. The summed E-state index contributed by atoms with van der Waals surface area (Å²) in [6, 6.07) is 0. The van der Waals surface area contributed by atoms with E-state index in [2.05, 4.69) is 0 Å². The fourth-order valence-electron chi connectivity index (χ4n) is 5.78. The van der Waals surface area contributed by atoms with Gasteiger partial charge in [-0.25, -0.2) is 0 Å². The third kappa shape index (κ3) is 8.06. The minimum Gasteiger partial charge on any atom is -0.394 e. The predicted molar refractivity (Wildman–Crippen MR) is 168 cm³/mol. The number of carbonyl (C=O) groups is 2. The van der Waals surface area contributed by atoms with E-state index in [9.17, 15) is 50.4 Å². The van der Waals surface area contributed by atoms with Gasteiger partial charge in [0.2, 0.25) is 23.1 Å². The third-order valence-electron chi connectivity index (χ3n) is 8.79. The maximum atomic E-state index is 12.7. The fourth-order valence-corrected chi connectivity index (χ4v) is 5.78. The van der Waals surface area contributed by atoms with Crippen molar-refractivity contribution in [3.63, 3.8) is 0 Å². The smallest absolute Gasteiger partial charge is 0.248 e. The maximum Gasteiger partial charge on any atom is 0.248 e. The molecule has 2 aliphatic carbocycles. The molecule has 284 valence electrons. The fraction of sp³-hybridized carbons (Fsp3) is 0.576. The Labute approximate surface area is 292 Å². The van der Waals surface area contributed by atoms with Gasteiger partial charge >= 0.3 is 0 Å². The Kier molecular flexibility index (Phi) is 13.2. The van der Waals surface area contributed by atoms with E-state index in [1.54, 1.807) is 0 Å². The molecule has 4 rings (SSSR count). The Hall–Kier alpha value is -2.86. The van der Waals surface area contributed by atoms with Gasteiger partial charge in [-0.05, 0) is 47.6 Å². The molecule has 0 aromatic heterocycles. The van der Waals surface area contributed by atoms with E-state index in [1.807, 2.05) is 0 Å². The minimum absolute atomic E-state index is 0.295. The molecule has 0 bridgehead atoms. The summed E-state index contributed by atoms with van der Waals surface area (Å²) < 4.78 is 43.3. The SMILES string of the molecule is COC1(OC)C=C(C=CC(=O)CC(=O)C=CC2=CC(OC)(OC)C(O)(OC3O[C@H](CO)[C@@H](O)[C@H]3O)C=C2)C=CC1(O)OC1O[C@H](CO)[C@@H](O)[C@H]1O. The molecule has 4 unspecified atom stereocenters. The van der Waals surface area contributed by atoms with Gasteiger partial charge in [-0.15, -0.1) is 0 Å². The van der Waals surface area contributed by atoms with E-state index in [0.29, 0.717) is 11.1 Å². The molecule has 2 heterocycles. The summed E-state index contributed by atoms with van der Waals surface area (Å²) in [5, 5.41) is 81.9. The molecule has 0 aromatic carbocycles. The van der Waals surface area contributed by atoms with Gasteiger partial charge in [0.05, 0.1) is 19.6 Å². The molecule has 0 saturated carbocycles. The van der Waals surface area contributed by atoms with E-state index in [0.717, 1.165) is 24.3 Å². The summed E-state index contributed by atoms with van der Waals surface area (Å²) in [6.07, 6.45) is 0.153. The number of carbonyl (C=O) groups excluding carboxylic acids is 2. The van der Waals surface area contributed by atoms with Crippen LogP contribution >= 0.6 is 0 Å². The van der Waals surface area contributed by atoms with Crippen LogP contribution in [0.25, 0.3) is 0 Å². The molecule has 18 nitrogen and oxygen atoms in total. The number of methoxy groups -OCH3 is 4. The Bertz CT molecular complexity index is 1340. The average molecular weight is 729 g/mol. The van der Waals surface area contributed by atoms with Gasteiger partial charge in [0.25, 0.3) is 0 Å². The highest BCUT2D eigenvalue weighted by molar-refractivity contribution is 6.08. The van der Waals surface area contributed by atoms with Gasteiger partial charge in [0, 0.05) is 28.4 Å². The van der Waals surface area contributed by atoms with Crippen molar-refractivity contribution in [1.82, 2.24) is 0 Å². The largest absolute Gasteiger partial charge is 0.394 e. The molecule has 10 atom stereocenters. The van der Waals surface area contributed by atoms with Crippen molar-refractivity contribution in [2.45, 2.75) is 78.8 Å². The first-order valence-electron chi connectivity index (χ1n) is 15.6. The second-order valence-corrected chi connectivity index (χ2v) is 11.9. The molecular weight excluding hydrogens is 684 g/mol. The minimum atomic E-state index is -2.40. The lowest BCUT2D eigenvalue weighted by Crippen LogP contribution is -2.59. The first-order valence-corrected chi connectivity index (χ1v) is 15.6. The van der Waals surface area contributed by atoms with E-state index in [1.165, 1.54) is 64.9 Å². The van der Waals surface area contributed by atoms with Crippen molar-refractivity contribution < 1.29 is 88.3 Å². The highest BCUT2D eigenvalue weighted by atomic mass is 16.8. The molecule has 2 fully saturated rings. The van der Waals surface area contributed by atoms with E-state index >= 15 is 0 Å². The van der Waals surface area contributed by atoms with Gasteiger partial charge in [-0.2, -0.15) is 0 Å². The molecule has 4 aliphatic rings. The summed E-state index contributed by atoms with van der Waals surface area (Å²) in [5.41, 5.74) is 0.591. The lowest BCUT2D eigenvalue weighted by atomic mass is 9.94. The molecule has 18 heteroatoms. The van der Waals surface area contributed by atoms with Crippen LogP contribution in [0.5, 0.6) is 0 Å². The number of rotatable bonds is 16. The Morgan fingerprint density at radius 2 is 1.02 bits per heavy atom. The third-order valence-corrected chi connectivity index (χ3v) is 8.79. The van der Waals surface area contributed by atoms with Crippen LogP contribution in [0.4, 0.5) is 0 Å². The van der Waals surface area contributed by atoms with Gasteiger partial charge in [-0.1, -0.05) is 24.3 Å². The average Bonchev–Trinajstić information content (AvgIpc) is 3.55. The van der Waals surface area contributed by atoms with Crippen molar-refractivity contribution >= 4 is 11.6 Å². The van der Waals surface area contributed by atoms with Crippen molar-refractivity contribution in [1.29, 1.82) is 0 Å². The van der Waals surface area contributed by atoms with Crippen molar-refractivity contribution in [3.8, 4) is 0 Å². The van der Waals surface area contributed by atoms with Crippen LogP contribution in [0.3, 0.4) is 0 Å². The number of aliphatic hydroxyl groups is 8. The molecule has 0 amide bonds. The lowest BCUT2D eigenvalue weighted by Gasteiger charge is -2.43. The zero-order chi connectivity index (χ0) is 37.8. The van der Waals surface area contributed by atoms with Crippen molar-refractivity contribution in [2.24, 2.45) is 0 Å². The van der Waals surface area contributed by atoms with Crippen molar-refractivity contribution in [2.75, 3.05) is 41.7 Å². The molecule has 2 saturated heterocycles. The zero-order valence-electron chi connectivity index (χ0n) is 28.2. The number of allylic oxidation sites excluding steroid dienone is 8. The van der Waals surface area contributed by atoms with E-state index in [4.69, 9.17) is 37.9 Å². The quantitative estimate of drug-likeness (QED) is 0.0444. The number of hydrogen-bond donors (Lipinski definition) is 8. The van der Waals surface area contributed by atoms with Gasteiger partial charge in [0.1, 0.15) is 36.6 Å². The Morgan fingerprint density at radius 3 is 1.31 bits per heavy atom. The summed E-state index contributed by atoms with van der Waals surface area (Å²) in [4.78, 5) is 25.3. The summed E-state index contributed by atoms with van der Waals surface area (Å²) in [7, 11) is 4.79. The van der Waals surface area contributed by atoms with Gasteiger partial charge in [0.15, 0.2) is 24.1 Å². The lowest BCUT2D eigenvalue weighted by molar-refractivity contribution is -0.382. The Morgan fingerprint density at radius 1 is 0.667 bits per heavy atom. The van der Waals surface area contributed by atoms with E-state index < -0.39 is 104 Å². The van der Waals surface area contributed by atoms with Crippen LogP contribution in [0.2, 0.25) is 0 Å². The standard InChI is InChI=1S/C33H44O18/c1-44-32(45-2)14-18(9-11-30(32,42)50-28-26(40)24(38)22(16-34)48-28)5-7-20(36)13-21(37)8-6-19-10-12-31(43,33(15-19,46-3)47-4)51-29-27(41)25(39)23(17-35)49-29/h5-12,14-15,22-29,34-35,38-43H,13,16-17H2,1-4H3/t22-,23-,24-,25-,26-,27-,28?,29?,30?,31?/m1/s1. The van der Waals surface area contributed by atoms with Gasteiger partial charge in [-0.3, -0.25) is 9.59 Å². The second kappa shape index (κ2) is 16.4. The van der Waals surface area contributed by atoms with E-state index in [-0.39, 0.29) is 0 Å². The van der Waals surface area contributed by atoms with Crippen LogP contribution in [-0.4, -0.2) is 166 Å². The zero-order valence-corrected chi connectivity index (χ0v) is 28.2. The highest BCUT2D eigenvalue weighted by Gasteiger charge is 2.58. The molecule has 0 spiro atoms. The van der Waals surface area contributed by atoms with Crippen LogP contribution in [0, 0.1) is 0 Å². The molecule has 8 N–H and O–H groups in total. The molecule has 2 aliphatic heterocycles. The van der Waals surface area contributed by atoms with Crippen LogP contribution < -0.4 is 0 Å². The maximum absolute atomic E-state index is 12.7. The summed E-state index contributed by atoms with van der Waals surface area (Å²) in [6.45, 7) is -1.23. The monoisotopic (exact) mass is 728 g/mol.